The second-order valence-corrected chi connectivity index (χ2v) is 7.91. The van der Waals surface area contributed by atoms with E-state index in [1.54, 1.807) is 25.1 Å². The van der Waals surface area contributed by atoms with Crippen LogP contribution in [0.1, 0.15) is 23.7 Å². The number of nitrogens with one attached hydrogen (secondary N) is 1. The van der Waals surface area contributed by atoms with E-state index in [1.807, 2.05) is 44.2 Å². The molecule has 3 rings (SSSR count). The molecule has 27 heavy (non-hydrogen) atoms. The third kappa shape index (κ3) is 4.37. The average molecular weight is 386 g/mol. The van der Waals surface area contributed by atoms with Gasteiger partial charge in [0.25, 0.3) is 0 Å². The van der Waals surface area contributed by atoms with Gasteiger partial charge >= 0.3 is 0 Å². The van der Waals surface area contributed by atoms with Gasteiger partial charge < -0.3 is 9.26 Å². The Balaban J connectivity index is 1.81. The number of aromatic nitrogens is 1. The molecule has 6 nitrogen and oxygen atoms in total. The molecule has 2 aromatic carbocycles. The van der Waals surface area contributed by atoms with Crippen LogP contribution in [0.25, 0.3) is 11.3 Å². The van der Waals surface area contributed by atoms with Crippen molar-refractivity contribution in [3.05, 3.63) is 65.4 Å². The maximum absolute atomic E-state index is 12.8. The van der Waals surface area contributed by atoms with E-state index < -0.39 is 10.0 Å². The van der Waals surface area contributed by atoms with Crippen LogP contribution < -0.4 is 9.46 Å². The molecule has 0 unspecified atom stereocenters. The van der Waals surface area contributed by atoms with E-state index in [9.17, 15) is 8.42 Å². The molecule has 0 aliphatic carbocycles. The van der Waals surface area contributed by atoms with Gasteiger partial charge in [-0.3, -0.25) is 0 Å². The minimum absolute atomic E-state index is 0.154. The zero-order valence-electron chi connectivity index (χ0n) is 15.5. The summed E-state index contributed by atoms with van der Waals surface area (Å²) in [6.07, 6.45) is 0. The highest BCUT2D eigenvalue weighted by Gasteiger charge is 2.18. The molecule has 0 atom stereocenters. The summed E-state index contributed by atoms with van der Waals surface area (Å²) in [5.74, 6) is 1.29. The Kier molecular flexibility index (Phi) is 5.62. The average Bonchev–Trinajstić information content (AvgIpc) is 3.07. The van der Waals surface area contributed by atoms with Crippen LogP contribution in [-0.4, -0.2) is 20.2 Å². The lowest BCUT2D eigenvalue weighted by atomic mass is 10.1. The Bertz CT molecular complexity index is 1040. The van der Waals surface area contributed by atoms with Crippen molar-refractivity contribution in [3.63, 3.8) is 0 Å². The Labute approximate surface area is 159 Å². The summed E-state index contributed by atoms with van der Waals surface area (Å²) in [6, 6.07) is 14.3. The fraction of sp³-hybridized carbons (Fsp3) is 0.250. The van der Waals surface area contributed by atoms with Gasteiger partial charge in [0.15, 0.2) is 5.76 Å². The second-order valence-electron chi connectivity index (χ2n) is 6.18. The highest BCUT2D eigenvalue weighted by atomic mass is 32.2. The molecule has 0 bridgehead atoms. The minimum atomic E-state index is -3.67. The van der Waals surface area contributed by atoms with Gasteiger partial charge in [-0.05, 0) is 50.6 Å². The quantitative estimate of drug-likeness (QED) is 0.667. The maximum atomic E-state index is 12.8. The number of ether oxygens (including phenoxy) is 1. The molecule has 142 valence electrons. The first-order valence-electron chi connectivity index (χ1n) is 8.65. The molecule has 0 aliphatic heterocycles. The fourth-order valence-electron chi connectivity index (χ4n) is 2.80. The lowest BCUT2D eigenvalue weighted by Crippen LogP contribution is -2.24. The van der Waals surface area contributed by atoms with E-state index in [0.717, 1.165) is 16.8 Å². The fourth-order valence-corrected chi connectivity index (χ4v) is 4.03. The lowest BCUT2D eigenvalue weighted by molar-refractivity contribution is 0.336. The third-order valence-corrected chi connectivity index (χ3v) is 5.66. The number of hydrogen-bond donors (Lipinski definition) is 1. The van der Waals surface area contributed by atoms with Crippen LogP contribution in [-0.2, 0) is 16.6 Å². The van der Waals surface area contributed by atoms with E-state index in [-0.39, 0.29) is 11.4 Å². The number of para-hydroxylation sites is 1. The predicted molar refractivity (Wildman–Crippen MR) is 103 cm³/mol. The summed E-state index contributed by atoms with van der Waals surface area (Å²) in [5, 5.41) is 3.86. The molecular weight excluding hydrogens is 364 g/mol. The summed E-state index contributed by atoms with van der Waals surface area (Å²) >= 11 is 0. The van der Waals surface area contributed by atoms with Crippen molar-refractivity contribution in [1.82, 2.24) is 9.88 Å². The normalized spacial score (nSPS) is 11.5. The second kappa shape index (κ2) is 7.94. The standard InChI is InChI=1S/C20H22N2O4S/c1-4-25-18-8-6-5-7-17(18)13-21-27(23,24)20-10-9-16(11-14(20)2)19-12-15(3)22-26-19/h5-12,21H,4,13H2,1-3H3. The molecule has 7 heteroatoms. The Morgan fingerprint density at radius 3 is 2.56 bits per heavy atom. The zero-order valence-corrected chi connectivity index (χ0v) is 16.3. The SMILES string of the molecule is CCOc1ccccc1CNS(=O)(=O)c1ccc(-c2cc(C)no2)cc1C. The zero-order chi connectivity index (χ0) is 19.4. The molecular formula is C20H22N2O4S. The Hall–Kier alpha value is -2.64. The molecule has 3 aromatic rings. The van der Waals surface area contributed by atoms with Gasteiger partial charge in [0, 0.05) is 23.7 Å². The van der Waals surface area contributed by atoms with Gasteiger partial charge in [-0.25, -0.2) is 13.1 Å². The summed E-state index contributed by atoms with van der Waals surface area (Å²) in [5.41, 5.74) is 2.98. The first-order valence-corrected chi connectivity index (χ1v) is 10.1. The molecule has 0 amide bonds. The van der Waals surface area contributed by atoms with Crippen LogP contribution in [0.4, 0.5) is 0 Å². The molecule has 0 spiro atoms. The van der Waals surface area contributed by atoms with Crippen molar-refractivity contribution in [2.24, 2.45) is 0 Å². The van der Waals surface area contributed by atoms with Crippen LogP contribution in [0.15, 0.2) is 57.9 Å². The van der Waals surface area contributed by atoms with Crippen molar-refractivity contribution in [1.29, 1.82) is 0 Å². The third-order valence-electron chi connectivity index (χ3n) is 4.10. The molecule has 0 saturated carbocycles. The van der Waals surface area contributed by atoms with E-state index >= 15 is 0 Å². The Morgan fingerprint density at radius 1 is 1.11 bits per heavy atom. The summed E-state index contributed by atoms with van der Waals surface area (Å²) in [4.78, 5) is 0.233. The van der Waals surface area contributed by atoms with Crippen LogP contribution >= 0.6 is 0 Å². The van der Waals surface area contributed by atoms with Crippen LogP contribution in [0.5, 0.6) is 5.75 Å². The van der Waals surface area contributed by atoms with E-state index in [4.69, 9.17) is 9.26 Å². The van der Waals surface area contributed by atoms with Gasteiger partial charge in [-0.2, -0.15) is 0 Å². The molecule has 0 fully saturated rings. The van der Waals surface area contributed by atoms with Crippen molar-refractivity contribution >= 4 is 10.0 Å². The Morgan fingerprint density at radius 2 is 1.89 bits per heavy atom. The maximum Gasteiger partial charge on any atom is 0.241 e. The van der Waals surface area contributed by atoms with Crippen molar-refractivity contribution in [3.8, 4) is 17.1 Å². The topological polar surface area (TPSA) is 81.4 Å². The summed E-state index contributed by atoms with van der Waals surface area (Å²) in [6.45, 7) is 6.16. The highest BCUT2D eigenvalue weighted by Crippen LogP contribution is 2.25. The largest absolute Gasteiger partial charge is 0.494 e. The van der Waals surface area contributed by atoms with Gasteiger partial charge in [-0.1, -0.05) is 23.4 Å². The number of aryl methyl sites for hydroxylation is 2. The van der Waals surface area contributed by atoms with Gasteiger partial charge in [0.05, 0.1) is 17.2 Å². The number of hydrogen-bond acceptors (Lipinski definition) is 5. The number of sulfonamides is 1. The number of benzene rings is 2. The van der Waals surface area contributed by atoms with Crippen molar-refractivity contribution < 1.29 is 17.7 Å². The van der Waals surface area contributed by atoms with Crippen LogP contribution in [0, 0.1) is 13.8 Å². The van der Waals surface area contributed by atoms with Crippen molar-refractivity contribution in [2.75, 3.05) is 6.61 Å². The highest BCUT2D eigenvalue weighted by molar-refractivity contribution is 7.89. The first kappa shape index (κ1) is 19.1. The van der Waals surface area contributed by atoms with E-state index in [0.29, 0.717) is 23.7 Å². The monoisotopic (exact) mass is 386 g/mol. The lowest BCUT2D eigenvalue weighted by Gasteiger charge is -2.13. The molecule has 0 radical (unpaired) electrons. The smallest absolute Gasteiger partial charge is 0.241 e. The predicted octanol–water partition coefficient (Wildman–Crippen LogP) is 3.84. The minimum Gasteiger partial charge on any atom is -0.494 e. The van der Waals surface area contributed by atoms with Gasteiger partial charge in [0.2, 0.25) is 10.0 Å². The van der Waals surface area contributed by atoms with E-state index in [1.165, 1.54) is 0 Å². The van der Waals surface area contributed by atoms with Crippen molar-refractivity contribution in [2.45, 2.75) is 32.2 Å². The van der Waals surface area contributed by atoms with E-state index in [2.05, 4.69) is 9.88 Å². The van der Waals surface area contributed by atoms with Gasteiger partial charge in [0.1, 0.15) is 5.75 Å². The van der Waals surface area contributed by atoms with Gasteiger partial charge in [-0.15, -0.1) is 0 Å². The molecule has 0 aliphatic rings. The molecule has 1 heterocycles. The number of rotatable bonds is 7. The number of nitrogens with zero attached hydrogens (tertiary/aromatic N) is 1. The molecule has 0 saturated heterocycles. The first-order chi connectivity index (χ1) is 12.9. The van der Waals surface area contributed by atoms with Crippen LogP contribution in [0.2, 0.25) is 0 Å². The summed E-state index contributed by atoms with van der Waals surface area (Å²) in [7, 11) is -3.67. The molecule has 1 N–H and O–H groups in total. The molecule has 1 aromatic heterocycles. The summed E-state index contributed by atoms with van der Waals surface area (Å²) < 4.78 is 39.0. The van der Waals surface area contributed by atoms with Crippen LogP contribution in [0.3, 0.4) is 0 Å².